The number of ether oxygens (including phenoxy) is 1. The van der Waals surface area contributed by atoms with Gasteiger partial charge in [-0.25, -0.2) is 4.79 Å². The molecule has 7 nitrogen and oxygen atoms in total. The van der Waals surface area contributed by atoms with Crippen LogP contribution in [0, 0.1) is 6.92 Å². The predicted octanol–water partition coefficient (Wildman–Crippen LogP) is 3.39. The van der Waals surface area contributed by atoms with Crippen LogP contribution in [0.3, 0.4) is 0 Å². The maximum Gasteiger partial charge on any atom is 0.408 e. The Labute approximate surface area is 170 Å². The number of anilines is 1. The van der Waals surface area contributed by atoms with E-state index in [4.69, 9.17) is 4.74 Å². The van der Waals surface area contributed by atoms with Crippen LogP contribution in [0.5, 0.6) is 0 Å². The minimum Gasteiger partial charge on any atom is -0.444 e. The van der Waals surface area contributed by atoms with Gasteiger partial charge in [-0.05, 0) is 57.5 Å². The van der Waals surface area contributed by atoms with Crippen LogP contribution in [0.15, 0.2) is 48.5 Å². The average molecular weight is 397 g/mol. The second kappa shape index (κ2) is 9.73. The number of benzene rings is 2. The normalized spacial score (nSPS) is 10.8. The lowest BCUT2D eigenvalue weighted by Gasteiger charge is -2.19. The summed E-state index contributed by atoms with van der Waals surface area (Å²) in [5.41, 5.74) is 2.59. The Morgan fingerprint density at radius 3 is 2.10 bits per heavy atom. The zero-order valence-corrected chi connectivity index (χ0v) is 17.2. The number of alkyl carbamates (subject to hydrolysis) is 1. The molecule has 0 bridgehead atoms. The lowest BCUT2D eigenvalue weighted by atomic mass is 10.1. The first kappa shape index (κ1) is 21.9. The fourth-order valence-electron chi connectivity index (χ4n) is 2.34. The summed E-state index contributed by atoms with van der Waals surface area (Å²) in [5.74, 6) is -0.508. The minimum atomic E-state index is -0.638. The number of carbonyl (C=O) groups is 3. The molecule has 0 aliphatic rings. The minimum absolute atomic E-state index is 0.167. The highest BCUT2D eigenvalue weighted by Crippen LogP contribution is 2.12. The highest BCUT2D eigenvalue weighted by molar-refractivity contribution is 6.04. The van der Waals surface area contributed by atoms with Gasteiger partial charge in [0, 0.05) is 17.8 Å². The van der Waals surface area contributed by atoms with Gasteiger partial charge in [-0.15, -0.1) is 0 Å². The molecule has 2 aromatic carbocycles. The first-order valence-corrected chi connectivity index (χ1v) is 9.33. The Kier molecular flexibility index (Phi) is 7.36. The van der Waals surface area contributed by atoms with Gasteiger partial charge >= 0.3 is 6.09 Å². The lowest BCUT2D eigenvalue weighted by Crippen LogP contribution is -2.39. The highest BCUT2D eigenvalue weighted by Gasteiger charge is 2.16. The Bertz CT molecular complexity index is 853. The third-order valence-electron chi connectivity index (χ3n) is 3.81. The third-order valence-corrected chi connectivity index (χ3v) is 3.81. The summed E-state index contributed by atoms with van der Waals surface area (Å²) < 4.78 is 5.07. The van der Waals surface area contributed by atoms with Gasteiger partial charge in [0.25, 0.3) is 5.91 Å². The molecular formula is C22H27N3O4. The van der Waals surface area contributed by atoms with Crippen molar-refractivity contribution in [3.05, 3.63) is 65.2 Å². The zero-order valence-electron chi connectivity index (χ0n) is 17.2. The van der Waals surface area contributed by atoms with Gasteiger partial charge in [-0.3, -0.25) is 9.59 Å². The summed E-state index contributed by atoms with van der Waals surface area (Å²) in [6.07, 6.45) is -0.638. The van der Waals surface area contributed by atoms with E-state index < -0.39 is 11.7 Å². The SMILES string of the molecule is Cc1ccc(C(=O)Nc2ccc(CNC(=O)CNC(=O)OC(C)(C)C)cc2)cc1. The Balaban J connectivity index is 1.77. The van der Waals surface area contributed by atoms with Crippen molar-refractivity contribution in [2.75, 3.05) is 11.9 Å². The maximum absolute atomic E-state index is 12.2. The van der Waals surface area contributed by atoms with Crippen molar-refractivity contribution in [3.63, 3.8) is 0 Å². The molecule has 3 amide bonds. The molecule has 0 aliphatic carbocycles. The fourth-order valence-corrected chi connectivity index (χ4v) is 2.34. The molecule has 0 fully saturated rings. The van der Waals surface area contributed by atoms with E-state index in [0.29, 0.717) is 17.8 Å². The standard InChI is InChI=1S/C22H27N3O4/c1-15-5-9-17(10-6-15)20(27)25-18-11-7-16(8-12-18)13-23-19(26)14-24-21(28)29-22(2,3)4/h5-12H,13-14H2,1-4H3,(H,23,26)(H,24,28)(H,25,27). The fraction of sp³-hybridized carbons (Fsp3) is 0.318. The molecule has 0 aromatic heterocycles. The van der Waals surface area contributed by atoms with Gasteiger partial charge in [-0.1, -0.05) is 29.8 Å². The van der Waals surface area contributed by atoms with Crippen LogP contribution < -0.4 is 16.0 Å². The zero-order chi connectivity index (χ0) is 21.4. The molecule has 0 saturated carbocycles. The summed E-state index contributed by atoms with van der Waals surface area (Å²) in [5, 5.41) is 7.95. The molecule has 0 heterocycles. The van der Waals surface area contributed by atoms with Crippen LogP contribution in [0.1, 0.15) is 42.3 Å². The highest BCUT2D eigenvalue weighted by atomic mass is 16.6. The smallest absolute Gasteiger partial charge is 0.408 e. The number of hydrogen-bond donors (Lipinski definition) is 3. The number of aryl methyl sites for hydroxylation is 1. The summed E-state index contributed by atoms with van der Waals surface area (Å²) in [4.78, 5) is 35.6. The molecule has 7 heteroatoms. The Morgan fingerprint density at radius 1 is 0.897 bits per heavy atom. The van der Waals surface area contributed by atoms with Crippen molar-refractivity contribution in [2.24, 2.45) is 0 Å². The first-order chi connectivity index (χ1) is 13.6. The molecule has 0 aliphatic heterocycles. The topological polar surface area (TPSA) is 96.5 Å². The molecule has 2 rings (SSSR count). The van der Waals surface area contributed by atoms with Crippen molar-refractivity contribution in [1.29, 1.82) is 0 Å². The number of carbonyl (C=O) groups excluding carboxylic acids is 3. The van der Waals surface area contributed by atoms with Crippen LogP contribution in [-0.4, -0.2) is 30.1 Å². The largest absolute Gasteiger partial charge is 0.444 e. The van der Waals surface area contributed by atoms with E-state index in [1.807, 2.05) is 31.2 Å². The van der Waals surface area contributed by atoms with E-state index in [1.54, 1.807) is 45.0 Å². The van der Waals surface area contributed by atoms with E-state index >= 15 is 0 Å². The molecular weight excluding hydrogens is 370 g/mol. The van der Waals surface area contributed by atoms with Crippen molar-refractivity contribution in [2.45, 2.75) is 39.8 Å². The lowest BCUT2D eigenvalue weighted by molar-refractivity contribution is -0.120. The average Bonchev–Trinajstić information content (AvgIpc) is 2.65. The molecule has 29 heavy (non-hydrogen) atoms. The van der Waals surface area contributed by atoms with Gasteiger partial charge in [0.05, 0.1) is 0 Å². The predicted molar refractivity (Wildman–Crippen MR) is 112 cm³/mol. The summed E-state index contributed by atoms with van der Waals surface area (Å²) in [6.45, 7) is 7.35. The molecule has 0 spiro atoms. The second-order valence-electron chi connectivity index (χ2n) is 7.65. The van der Waals surface area contributed by atoms with Crippen LogP contribution in [-0.2, 0) is 16.1 Å². The second-order valence-corrected chi connectivity index (χ2v) is 7.65. The Morgan fingerprint density at radius 2 is 1.52 bits per heavy atom. The monoisotopic (exact) mass is 397 g/mol. The molecule has 0 radical (unpaired) electrons. The van der Waals surface area contributed by atoms with E-state index in [0.717, 1.165) is 11.1 Å². The van der Waals surface area contributed by atoms with Crippen molar-refractivity contribution in [3.8, 4) is 0 Å². The molecule has 0 atom stereocenters. The maximum atomic E-state index is 12.2. The summed E-state index contributed by atoms with van der Waals surface area (Å²) in [6, 6.07) is 14.5. The molecule has 154 valence electrons. The van der Waals surface area contributed by atoms with E-state index in [2.05, 4.69) is 16.0 Å². The van der Waals surface area contributed by atoms with Gasteiger partial charge < -0.3 is 20.7 Å². The van der Waals surface area contributed by atoms with Gasteiger partial charge in [0.15, 0.2) is 0 Å². The van der Waals surface area contributed by atoms with Crippen molar-refractivity contribution >= 4 is 23.6 Å². The molecule has 0 unspecified atom stereocenters. The van der Waals surface area contributed by atoms with E-state index in [-0.39, 0.29) is 18.4 Å². The number of rotatable bonds is 6. The summed E-state index contributed by atoms with van der Waals surface area (Å²) >= 11 is 0. The molecule has 0 saturated heterocycles. The van der Waals surface area contributed by atoms with Gasteiger partial charge in [-0.2, -0.15) is 0 Å². The van der Waals surface area contributed by atoms with Crippen LogP contribution >= 0.6 is 0 Å². The quantitative estimate of drug-likeness (QED) is 0.696. The third kappa shape index (κ3) is 8.04. The van der Waals surface area contributed by atoms with Crippen LogP contribution in [0.25, 0.3) is 0 Å². The van der Waals surface area contributed by atoms with E-state index in [9.17, 15) is 14.4 Å². The number of nitrogens with one attached hydrogen (secondary N) is 3. The summed E-state index contributed by atoms with van der Waals surface area (Å²) in [7, 11) is 0. The van der Waals surface area contributed by atoms with Crippen LogP contribution in [0.2, 0.25) is 0 Å². The first-order valence-electron chi connectivity index (χ1n) is 9.33. The van der Waals surface area contributed by atoms with E-state index in [1.165, 1.54) is 0 Å². The number of hydrogen-bond acceptors (Lipinski definition) is 4. The van der Waals surface area contributed by atoms with Crippen molar-refractivity contribution in [1.82, 2.24) is 10.6 Å². The van der Waals surface area contributed by atoms with Gasteiger partial charge in [0.2, 0.25) is 5.91 Å². The number of amides is 3. The molecule has 2 aromatic rings. The van der Waals surface area contributed by atoms with Crippen LogP contribution in [0.4, 0.5) is 10.5 Å². The Hall–Kier alpha value is -3.35. The van der Waals surface area contributed by atoms with Gasteiger partial charge in [0.1, 0.15) is 12.1 Å². The molecule has 3 N–H and O–H groups in total. The van der Waals surface area contributed by atoms with Crippen molar-refractivity contribution < 1.29 is 19.1 Å².